The fourth-order valence-corrected chi connectivity index (χ4v) is 3.38. The van der Waals surface area contributed by atoms with Gasteiger partial charge in [0.05, 0.1) is 18.8 Å². The van der Waals surface area contributed by atoms with E-state index in [9.17, 15) is 13.2 Å². The van der Waals surface area contributed by atoms with E-state index in [4.69, 9.17) is 4.74 Å². The van der Waals surface area contributed by atoms with Gasteiger partial charge in [0.2, 0.25) is 0 Å². The molecule has 1 aromatic carbocycles. The number of piperazine rings is 1. The molecule has 2 aliphatic heterocycles. The second-order valence-electron chi connectivity index (χ2n) is 6.34. The highest BCUT2D eigenvalue weighted by molar-refractivity contribution is 5.28. The van der Waals surface area contributed by atoms with Crippen LogP contribution < -0.4 is 5.32 Å². The van der Waals surface area contributed by atoms with Gasteiger partial charge in [-0.05, 0) is 17.7 Å². The maximum absolute atomic E-state index is 13.1. The van der Waals surface area contributed by atoms with Gasteiger partial charge in [0.15, 0.2) is 0 Å². The molecule has 0 bridgehead atoms. The van der Waals surface area contributed by atoms with Crippen molar-refractivity contribution < 1.29 is 17.9 Å². The van der Waals surface area contributed by atoms with Gasteiger partial charge < -0.3 is 10.1 Å². The molecule has 1 N–H and O–H groups in total. The van der Waals surface area contributed by atoms with E-state index in [0.717, 1.165) is 57.4 Å². The topological polar surface area (TPSA) is 27.7 Å². The first-order chi connectivity index (χ1) is 11.5. The van der Waals surface area contributed by atoms with Gasteiger partial charge in [-0.3, -0.25) is 9.80 Å². The number of nitrogens with zero attached hydrogens (tertiary/aromatic N) is 2. The number of rotatable bonds is 4. The first-order valence-electron chi connectivity index (χ1n) is 8.46. The van der Waals surface area contributed by atoms with Crippen molar-refractivity contribution in [3.63, 3.8) is 0 Å². The van der Waals surface area contributed by atoms with Gasteiger partial charge in [0.25, 0.3) is 0 Å². The molecule has 1 aromatic rings. The second-order valence-corrected chi connectivity index (χ2v) is 6.34. The van der Waals surface area contributed by atoms with Gasteiger partial charge in [0, 0.05) is 51.9 Å². The minimum absolute atomic E-state index is 0.0208. The van der Waals surface area contributed by atoms with Gasteiger partial charge >= 0.3 is 6.18 Å². The summed E-state index contributed by atoms with van der Waals surface area (Å²) in [5.74, 6) is 0. The molecular formula is C17H24F3N3O. The molecule has 0 saturated carbocycles. The van der Waals surface area contributed by atoms with E-state index < -0.39 is 11.7 Å². The average molecular weight is 343 g/mol. The molecule has 2 aliphatic rings. The van der Waals surface area contributed by atoms with E-state index in [1.807, 2.05) is 6.07 Å². The van der Waals surface area contributed by atoms with Crippen LogP contribution in [0, 0.1) is 0 Å². The third kappa shape index (κ3) is 4.47. The van der Waals surface area contributed by atoms with Crippen molar-refractivity contribution in [2.24, 2.45) is 0 Å². The van der Waals surface area contributed by atoms with Crippen LogP contribution in [0.1, 0.15) is 17.2 Å². The van der Waals surface area contributed by atoms with Crippen molar-refractivity contribution in [1.82, 2.24) is 15.1 Å². The first-order valence-corrected chi connectivity index (χ1v) is 8.46. The van der Waals surface area contributed by atoms with Crippen molar-refractivity contribution in [1.29, 1.82) is 0 Å². The van der Waals surface area contributed by atoms with Crippen molar-refractivity contribution >= 4 is 0 Å². The lowest BCUT2D eigenvalue weighted by atomic mass is 10.0. The molecule has 7 heteroatoms. The van der Waals surface area contributed by atoms with Gasteiger partial charge in [-0.2, -0.15) is 13.2 Å². The summed E-state index contributed by atoms with van der Waals surface area (Å²) in [5.41, 5.74) is 0.181. The van der Waals surface area contributed by atoms with Gasteiger partial charge in [-0.1, -0.05) is 12.1 Å². The molecule has 2 heterocycles. The molecule has 4 nitrogen and oxygen atoms in total. The summed E-state index contributed by atoms with van der Waals surface area (Å²) in [6.45, 7) is 7.25. The number of nitrogens with one attached hydrogen (secondary N) is 1. The zero-order valence-electron chi connectivity index (χ0n) is 13.7. The molecule has 0 amide bonds. The summed E-state index contributed by atoms with van der Waals surface area (Å²) in [4.78, 5) is 4.58. The fraction of sp³-hybridized carbons (Fsp3) is 0.647. The van der Waals surface area contributed by atoms with Gasteiger partial charge in [0.1, 0.15) is 0 Å². The molecule has 0 aliphatic carbocycles. The molecule has 3 rings (SSSR count). The highest BCUT2D eigenvalue weighted by atomic mass is 19.4. The lowest BCUT2D eigenvalue weighted by Crippen LogP contribution is -2.49. The number of ether oxygens (including phenoxy) is 1. The Balaban J connectivity index is 1.82. The number of hydrogen-bond donors (Lipinski definition) is 1. The number of alkyl halides is 3. The smallest absolute Gasteiger partial charge is 0.379 e. The largest absolute Gasteiger partial charge is 0.416 e. The molecular weight excluding hydrogens is 319 g/mol. The maximum Gasteiger partial charge on any atom is 0.416 e. The summed E-state index contributed by atoms with van der Waals surface area (Å²) in [6.07, 6.45) is -4.30. The van der Waals surface area contributed by atoms with Crippen molar-refractivity contribution in [2.45, 2.75) is 12.2 Å². The number of hydrogen-bond acceptors (Lipinski definition) is 4. The van der Waals surface area contributed by atoms with Crippen LogP contribution in [0.5, 0.6) is 0 Å². The van der Waals surface area contributed by atoms with Gasteiger partial charge in [-0.25, -0.2) is 0 Å². The molecule has 1 atom stereocenters. The minimum Gasteiger partial charge on any atom is -0.379 e. The second kappa shape index (κ2) is 7.82. The summed E-state index contributed by atoms with van der Waals surface area (Å²) >= 11 is 0. The Labute approximate surface area is 140 Å². The van der Waals surface area contributed by atoms with E-state index in [1.165, 1.54) is 12.1 Å². The molecule has 1 unspecified atom stereocenters. The molecule has 0 spiro atoms. The zero-order valence-corrected chi connectivity index (χ0v) is 13.7. The Hall–Kier alpha value is -1.15. The Morgan fingerprint density at radius 3 is 2.46 bits per heavy atom. The van der Waals surface area contributed by atoms with E-state index in [0.29, 0.717) is 13.2 Å². The predicted octanol–water partition coefficient (Wildman–Crippen LogP) is 1.98. The van der Waals surface area contributed by atoms with Crippen molar-refractivity contribution in [3.8, 4) is 0 Å². The summed E-state index contributed by atoms with van der Waals surface area (Å²) in [5, 5.41) is 3.31. The van der Waals surface area contributed by atoms with E-state index in [2.05, 4.69) is 15.1 Å². The minimum atomic E-state index is -4.30. The van der Waals surface area contributed by atoms with Crippen LogP contribution in [0.4, 0.5) is 13.2 Å². The SMILES string of the molecule is FC(F)(F)c1cccc(C(CN2CCOCC2)N2CCNCC2)c1. The van der Waals surface area contributed by atoms with Crippen LogP contribution in [0.25, 0.3) is 0 Å². The molecule has 2 fully saturated rings. The van der Waals surface area contributed by atoms with Crippen LogP contribution in [0.3, 0.4) is 0 Å². The van der Waals surface area contributed by atoms with E-state index >= 15 is 0 Å². The van der Waals surface area contributed by atoms with Crippen LogP contribution in [0.15, 0.2) is 24.3 Å². The summed E-state index contributed by atoms with van der Waals surface area (Å²) in [7, 11) is 0. The molecule has 0 radical (unpaired) electrons. The van der Waals surface area contributed by atoms with Gasteiger partial charge in [-0.15, -0.1) is 0 Å². The van der Waals surface area contributed by atoms with Crippen LogP contribution >= 0.6 is 0 Å². The summed E-state index contributed by atoms with van der Waals surface area (Å²) in [6, 6.07) is 5.78. The summed E-state index contributed by atoms with van der Waals surface area (Å²) < 4.78 is 44.6. The Morgan fingerprint density at radius 1 is 1.08 bits per heavy atom. The highest BCUT2D eigenvalue weighted by Crippen LogP contribution is 2.32. The predicted molar refractivity (Wildman–Crippen MR) is 85.9 cm³/mol. The zero-order chi connectivity index (χ0) is 17.0. The highest BCUT2D eigenvalue weighted by Gasteiger charge is 2.32. The normalized spacial score (nSPS) is 22.5. The lowest BCUT2D eigenvalue weighted by Gasteiger charge is -2.39. The number of morpholine rings is 1. The van der Waals surface area contributed by atoms with Crippen LogP contribution in [-0.4, -0.2) is 68.8 Å². The Morgan fingerprint density at radius 2 is 1.79 bits per heavy atom. The first kappa shape index (κ1) is 17.7. The van der Waals surface area contributed by atoms with Crippen LogP contribution in [0.2, 0.25) is 0 Å². The molecule has 2 saturated heterocycles. The fourth-order valence-electron chi connectivity index (χ4n) is 3.38. The average Bonchev–Trinajstić information content (AvgIpc) is 2.61. The third-order valence-corrected chi connectivity index (χ3v) is 4.73. The molecule has 24 heavy (non-hydrogen) atoms. The monoisotopic (exact) mass is 343 g/mol. The van der Waals surface area contributed by atoms with E-state index in [1.54, 1.807) is 0 Å². The number of halogens is 3. The maximum atomic E-state index is 13.1. The van der Waals surface area contributed by atoms with Crippen molar-refractivity contribution in [2.75, 3.05) is 59.0 Å². The van der Waals surface area contributed by atoms with Crippen LogP contribution in [-0.2, 0) is 10.9 Å². The molecule has 0 aromatic heterocycles. The van der Waals surface area contributed by atoms with E-state index in [-0.39, 0.29) is 6.04 Å². The quantitative estimate of drug-likeness (QED) is 0.905. The number of benzene rings is 1. The lowest BCUT2D eigenvalue weighted by molar-refractivity contribution is -0.137. The molecule has 134 valence electrons. The third-order valence-electron chi connectivity index (χ3n) is 4.73. The standard InChI is InChI=1S/C17H24F3N3O/c18-17(19,20)15-3-1-2-14(12-15)16(23-6-4-21-5-7-23)13-22-8-10-24-11-9-22/h1-3,12,16,21H,4-11,13H2. The Bertz CT molecular complexity index is 526. The van der Waals surface area contributed by atoms with Crippen molar-refractivity contribution in [3.05, 3.63) is 35.4 Å². The Kier molecular flexibility index (Phi) is 5.76.